The van der Waals surface area contributed by atoms with Crippen LogP contribution in [0.25, 0.3) is 0 Å². The Morgan fingerprint density at radius 2 is 1.78 bits per heavy atom. The maximum atomic E-state index is 13.0. The number of methoxy groups -OCH3 is 2. The molecule has 3 rings (SSSR count). The highest BCUT2D eigenvalue weighted by Crippen LogP contribution is 2.33. The molecule has 27 heavy (non-hydrogen) atoms. The van der Waals surface area contributed by atoms with Crippen molar-refractivity contribution in [1.82, 2.24) is 0 Å². The first-order chi connectivity index (χ1) is 12.9. The maximum Gasteiger partial charge on any atom is 0.228 e. The van der Waals surface area contributed by atoms with Gasteiger partial charge in [0.2, 0.25) is 5.91 Å². The largest absolute Gasteiger partial charge is 0.497 e. The fourth-order valence-electron chi connectivity index (χ4n) is 4.00. The SMILES string of the molecule is COc1cc(C)c(C(N)CC(=O)N2CCCc3cc(OC)ccc32)c(C)c1. The van der Waals surface area contributed by atoms with Gasteiger partial charge in [-0.25, -0.2) is 0 Å². The highest BCUT2D eigenvalue weighted by atomic mass is 16.5. The van der Waals surface area contributed by atoms with E-state index in [9.17, 15) is 4.79 Å². The van der Waals surface area contributed by atoms with Crippen molar-refractivity contribution < 1.29 is 14.3 Å². The zero-order valence-electron chi connectivity index (χ0n) is 16.5. The normalized spacial score (nSPS) is 14.5. The molecular formula is C22H28N2O3. The number of nitrogens with zero attached hydrogens (tertiary/aromatic N) is 1. The van der Waals surface area contributed by atoms with Gasteiger partial charge in [0.05, 0.1) is 14.2 Å². The third kappa shape index (κ3) is 3.93. The van der Waals surface area contributed by atoms with Gasteiger partial charge in [-0.15, -0.1) is 0 Å². The van der Waals surface area contributed by atoms with Crippen LogP contribution in [0.1, 0.15) is 41.1 Å². The number of hydrogen-bond donors (Lipinski definition) is 1. The molecule has 2 aromatic rings. The number of rotatable bonds is 5. The molecule has 5 heteroatoms. The van der Waals surface area contributed by atoms with Crippen LogP contribution in [0.4, 0.5) is 5.69 Å². The van der Waals surface area contributed by atoms with Gasteiger partial charge in [0.1, 0.15) is 11.5 Å². The summed E-state index contributed by atoms with van der Waals surface area (Å²) >= 11 is 0. The fraction of sp³-hybridized carbons (Fsp3) is 0.409. The molecule has 0 radical (unpaired) electrons. The van der Waals surface area contributed by atoms with Crippen LogP contribution in [0.3, 0.4) is 0 Å². The number of fused-ring (bicyclic) bond motifs is 1. The van der Waals surface area contributed by atoms with Crippen molar-refractivity contribution in [1.29, 1.82) is 0 Å². The molecule has 0 fully saturated rings. The predicted molar refractivity (Wildman–Crippen MR) is 108 cm³/mol. The quantitative estimate of drug-likeness (QED) is 0.874. The Kier molecular flexibility index (Phi) is 5.71. The summed E-state index contributed by atoms with van der Waals surface area (Å²) in [7, 11) is 3.31. The topological polar surface area (TPSA) is 64.8 Å². The second-order valence-corrected chi connectivity index (χ2v) is 7.13. The third-order valence-corrected chi connectivity index (χ3v) is 5.27. The predicted octanol–water partition coefficient (Wildman–Crippen LogP) is 3.69. The minimum atomic E-state index is -0.341. The van der Waals surface area contributed by atoms with Crippen LogP contribution in [0.15, 0.2) is 30.3 Å². The molecule has 144 valence electrons. The van der Waals surface area contributed by atoms with E-state index in [0.717, 1.165) is 58.8 Å². The second kappa shape index (κ2) is 8.01. The lowest BCUT2D eigenvalue weighted by Gasteiger charge is -2.31. The molecule has 0 saturated carbocycles. The van der Waals surface area contributed by atoms with Gasteiger partial charge in [-0.1, -0.05) is 0 Å². The number of anilines is 1. The van der Waals surface area contributed by atoms with Crippen molar-refractivity contribution in [3.63, 3.8) is 0 Å². The standard InChI is InChI=1S/C22H28N2O3/c1-14-10-18(27-4)11-15(2)22(14)19(23)13-21(25)24-9-5-6-16-12-17(26-3)7-8-20(16)24/h7-8,10-12,19H,5-6,9,13,23H2,1-4H3. The molecule has 1 amide bonds. The van der Waals surface area contributed by atoms with Crippen LogP contribution in [0.2, 0.25) is 0 Å². The Hall–Kier alpha value is -2.53. The van der Waals surface area contributed by atoms with Crippen LogP contribution in [-0.2, 0) is 11.2 Å². The molecule has 2 aromatic carbocycles. The van der Waals surface area contributed by atoms with Crippen molar-refractivity contribution in [2.75, 3.05) is 25.7 Å². The Bertz CT molecular complexity index is 824. The molecule has 0 aliphatic carbocycles. The Morgan fingerprint density at radius 1 is 1.11 bits per heavy atom. The molecular weight excluding hydrogens is 340 g/mol. The van der Waals surface area contributed by atoms with Gasteiger partial charge in [0.25, 0.3) is 0 Å². The van der Waals surface area contributed by atoms with Gasteiger partial charge in [-0.2, -0.15) is 0 Å². The number of carbonyl (C=O) groups excluding carboxylic acids is 1. The van der Waals surface area contributed by atoms with Crippen molar-refractivity contribution in [3.05, 3.63) is 52.6 Å². The molecule has 0 bridgehead atoms. The minimum absolute atomic E-state index is 0.0586. The first-order valence-corrected chi connectivity index (χ1v) is 9.32. The zero-order valence-corrected chi connectivity index (χ0v) is 16.5. The van der Waals surface area contributed by atoms with Crippen molar-refractivity contribution >= 4 is 11.6 Å². The number of carbonyl (C=O) groups is 1. The van der Waals surface area contributed by atoms with E-state index in [-0.39, 0.29) is 18.4 Å². The van der Waals surface area contributed by atoms with Crippen LogP contribution >= 0.6 is 0 Å². The van der Waals surface area contributed by atoms with Gasteiger partial charge < -0.3 is 20.1 Å². The number of ether oxygens (including phenoxy) is 2. The van der Waals surface area contributed by atoms with E-state index in [2.05, 4.69) is 0 Å². The first kappa shape index (κ1) is 19.2. The zero-order chi connectivity index (χ0) is 19.6. The lowest BCUT2D eigenvalue weighted by Crippen LogP contribution is -2.37. The monoisotopic (exact) mass is 368 g/mol. The number of amides is 1. The average Bonchev–Trinajstić information content (AvgIpc) is 2.66. The summed E-state index contributed by atoms with van der Waals surface area (Å²) in [5, 5.41) is 0. The highest BCUT2D eigenvalue weighted by Gasteiger charge is 2.25. The van der Waals surface area contributed by atoms with Crippen LogP contribution in [0, 0.1) is 13.8 Å². The van der Waals surface area contributed by atoms with Crippen LogP contribution < -0.4 is 20.1 Å². The summed E-state index contributed by atoms with van der Waals surface area (Å²) in [4.78, 5) is 14.9. The van der Waals surface area contributed by atoms with Crippen molar-refractivity contribution in [2.24, 2.45) is 5.73 Å². The fourth-order valence-corrected chi connectivity index (χ4v) is 4.00. The van der Waals surface area contributed by atoms with E-state index >= 15 is 0 Å². The molecule has 1 unspecified atom stereocenters. The molecule has 1 aliphatic rings. The summed E-state index contributed by atoms with van der Waals surface area (Å²) in [5.74, 6) is 1.69. The van der Waals surface area contributed by atoms with Crippen LogP contribution in [-0.4, -0.2) is 26.7 Å². The molecule has 0 aromatic heterocycles. The highest BCUT2D eigenvalue weighted by molar-refractivity contribution is 5.95. The number of hydrogen-bond acceptors (Lipinski definition) is 4. The number of benzene rings is 2. The number of aryl methyl sites for hydroxylation is 3. The van der Waals surface area contributed by atoms with Gasteiger partial charge >= 0.3 is 0 Å². The Labute approximate surface area is 161 Å². The molecule has 1 aliphatic heterocycles. The van der Waals surface area contributed by atoms with Crippen molar-refractivity contribution in [2.45, 2.75) is 39.2 Å². The molecule has 5 nitrogen and oxygen atoms in total. The lowest BCUT2D eigenvalue weighted by molar-refractivity contribution is -0.119. The molecule has 0 spiro atoms. The van der Waals surface area contributed by atoms with Gasteiger partial charge in [-0.3, -0.25) is 4.79 Å². The summed E-state index contributed by atoms with van der Waals surface area (Å²) in [6.45, 7) is 4.75. The van der Waals surface area contributed by atoms with E-state index in [1.165, 1.54) is 0 Å². The molecule has 1 heterocycles. The molecule has 0 saturated heterocycles. The summed E-state index contributed by atoms with van der Waals surface area (Å²) < 4.78 is 10.6. The average molecular weight is 368 g/mol. The summed E-state index contributed by atoms with van der Waals surface area (Å²) in [6.07, 6.45) is 2.18. The maximum absolute atomic E-state index is 13.0. The minimum Gasteiger partial charge on any atom is -0.497 e. The van der Waals surface area contributed by atoms with E-state index in [0.29, 0.717) is 0 Å². The Balaban J connectivity index is 1.81. The third-order valence-electron chi connectivity index (χ3n) is 5.27. The lowest BCUT2D eigenvalue weighted by atomic mass is 9.93. The van der Waals surface area contributed by atoms with Gasteiger partial charge in [0.15, 0.2) is 0 Å². The van der Waals surface area contributed by atoms with Crippen LogP contribution in [0.5, 0.6) is 11.5 Å². The second-order valence-electron chi connectivity index (χ2n) is 7.13. The molecule has 1 atom stereocenters. The van der Waals surface area contributed by atoms with E-state index in [1.54, 1.807) is 14.2 Å². The summed E-state index contributed by atoms with van der Waals surface area (Å²) in [6, 6.07) is 9.49. The smallest absolute Gasteiger partial charge is 0.228 e. The first-order valence-electron chi connectivity index (χ1n) is 9.32. The van der Waals surface area contributed by atoms with Crippen molar-refractivity contribution in [3.8, 4) is 11.5 Å². The van der Waals surface area contributed by atoms with E-state index in [4.69, 9.17) is 15.2 Å². The van der Waals surface area contributed by atoms with E-state index in [1.807, 2.05) is 49.1 Å². The van der Waals surface area contributed by atoms with E-state index < -0.39 is 0 Å². The van der Waals surface area contributed by atoms with Gasteiger partial charge in [-0.05, 0) is 79.3 Å². The summed E-state index contributed by atoms with van der Waals surface area (Å²) in [5.41, 5.74) is 11.7. The Morgan fingerprint density at radius 3 is 2.41 bits per heavy atom. The van der Waals surface area contributed by atoms with Gasteiger partial charge in [0, 0.05) is 24.7 Å². The number of nitrogens with two attached hydrogens (primary N) is 1. The molecule has 2 N–H and O–H groups in total.